The van der Waals surface area contributed by atoms with Crippen molar-refractivity contribution in [3.8, 4) is 5.75 Å². The summed E-state index contributed by atoms with van der Waals surface area (Å²) in [6, 6.07) is 7.80. The number of quaternary nitrogens is 1. The highest BCUT2D eigenvalue weighted by Gasteiger charge is 2.43. The molecule has 1 aromatic carbocycles. The lowest BCUT2D eigenvalue weighted by molar-refractivity contribution is -0.947. The van der Waals surface area contributed by atoms with Gasteiger partial charge >= 0.3 is 5.97 Å². The van der Waals surface area contributed by atoms with E-state index in [1.54, 1.807) is 31.4 Å². The van der Waals surface area contributed by atoms with Crippen LogP contribution in [0.15, 0.2) is 24.3 Å². The average Bonchev–Trinajstić information content (AvgIpc) is 2.59. The van der Waals surface area contributed by atoms with Gasteiger partial charge in [0.25, 0.3) is 0 Å². The van der Waals surface area contributed by atoms with Crippen molar-refractivity contribution in [1.82, 2.24) is 0 Å². The summed E-state index contributed by atoms with van der Waals surface area (Å²) >= 11 is 0. The summed E-state index contributed by atoms with van der Waals surface area (Å²) in [5, 5.41) is 0. The number of esters is 1. The molecule has 0 bridgehead atoms. The fourth-order valence-corrected chi connectivity index (χ4v) is 4.42. The van der Waals surface area contributed by atoms with E-state index >= 15 is 0 Å². The first-order chi connectivity index (χ1) is 11.1. The number of hydrogen-bond acceptors (Lipinski definition) is 3. The van der Waals surface area contributed by atoms with Crippen LogP contribution in [-0.4, -0.2) is 50.3 Å². The van der Waals surface area contributed by atoms with E-state index in [0.29, 0.717) is 24.1 Å². The normalized spacial score (nSPS) is 30.3. The Morgan fingerprint density at radius 1 is 1.13 bits per heavy atom. The third-order valence-electron chi connectivity index (χ3n) is 5.76. The largest absolute Gasteiger partial charge is 0.497 e. The van der Waals surface area contributed by atoms with Crippen molar-refractivity contribution in [1.29, 1.82) is 0 Å². The number of benzene rings is 1. The summed E-state index contributed by atoms with van der Waals surface area (Å²) < 4.78 is 12.0. The van der Waals surface area contributed by atoms with E-state index in [1.807, 2.05) is 0 Å². The van der Waals surface area contributed by atoms with Crippen LogP contribution >= 0.6 is 0 Å². The summed E-state index contributed by atoms with van der Waals surface area (Å²) in [5.41, 5.74) is 0.600. The van der Waals surface area contributed by atoms with Crippen molar-refractivity contribution in [2.24, 2.45) is 5.92 Å². The molecule has 2 heterocycles. The zero-order valence-electron chi connectivity index (χ0n) is 14.3. The number of rotatable bonds is 4. The molecule has 2 aliphatic heterocycles. The number of methoxy groups -OCH3 is 1. The zero-order chi connectivity index (χ0) is 16.3. The maximum absolute atomic E-state index is 12.3. The second-order valence-electron chi connectivity index (χ2n) is 7.22. The minimum Gasteiger partial charge on any atom is -0.497 e. The third-order valence-corrected chi connectivity index (χ3v) is 5.76. The van der Waals surface area contributed by atoms with E-state index in [-0.39, 0.29) is 5.97 Å². The second kappa shape index (κ2) is 6.91. The Kier molecular flexibility index (Phi) is 4.90. The Hall–Kier alpha value is -1.55. The molecule has 0 saturated carbocycles. The van der Waals surface area contributed by atoms with Crippen LogP contribution in [0.4, 0.5) is 0 Å². The van der Waals surface area contributed by atoms with Crippen molar-refractivity contribution in [2.45, 2.75) is 38.1 Å². The van der Waals surface area contributed by atoms with Gasteiger partial charge in [0, 0.05) is 12.3 Å². The Labute approximate surface area is 139 Å². The number of piperidine rings is 2. The molecule has 1 aromatic rings. The summed E-state index contributed by atoms with van der Waals surface area (Å²) in [6.07, 6.45) is 6.38. The predicted octanol–water partition coefficient (Wildman–Crippen LogP) is 3.26. The molecule has 0 N–H and O–H groups in total. The maximum atomic E-state index is 12.3. The SMILES string of the molecule is COc1ccc(C(=O)OC[C@@H]2CCC[N@+]3(C)CCCC[C@H]23)cc1. The molecule has 0 aromatic heterocycles. The first-order valence-corrected chi connectivity index (χ1v) is 8.78. The maximum Gasteiger partial charge on any atom is 0.338 e. The Morgan fingerprint density at radius 2 is 1.87 bits per heavy atom. The van der Waals surface area contributed by atoms with E-state index in [9.17, 15) is 4.79 Å². The number of ether oxygens (including phenoxy) is 2. The van der Waals surface area contributed by atoms with Crippen LogP contribution in [0, 0.1) is 5.92 Å². The summed E-state index contributed by atoms with van der Waals surface area (Å²) in [5.74, 6) is 1.04. The van der Waals surface area contributed by atoms with Gasteiger partial charge in [-0.2, -0.15) is 0 Å². The van der Waals surface area contributed by atoms with Gasteiger partial charge in [-0.05, 0) is 49.9 Å². The van der Waals surface area contributed by atoms with Crippen molar-refractivity contribution in [2.75, 3.05) is 33.9 Å². The molecule has 2 aliphatic rings. The fraction of sp³-hybridized carbons (Fsp3) is 0.632. The average molecular weight is 318 g/mol. The molecular weight excluding hydrogens is 290 g/mol. The van der Waals surface area contributed by atoms with Gasteiger partial charge in [0.2, 0.25) is 0 Å². The number of nitrogens with zero attached hydrogens (tertiary/aromatic N) is 1. The quantitative estimate of drug-likeness (QED) is 0.631. The number of carbonyl (C=O) groups excluding carboxylic acids is 1. The molecule has 0 amide bonds. The molecule has 3 atom stereocenters. The lowest BCUT2D eigenvalue weighted by Crippen LogP contribution is -2.61. The smallest absolute Gasteiger partial charge is 0.338 e. The van der Waals surface area contributed by atoms with Gasteiger partial charge in [-0.25, -0.2) is 4.79 Å². The van der Waals surface area contributed by atoms with E-state index in [1.165, 1.54) is 49.7 Å². The molecule has 23 heavy (non-hydrogen) atoms. The molecule has 0 radical (unpaired) electrons. The van der Waals surface area contributed by atoms with Crippen LogP contribution in [0.5, 0.6) is 5.75 Å². The molecule has 3 rings (SSSR count). The van der Waals surface area contributed by atoms with Crippen molar-refractivity contribution < 1.29 is 18.8 Å². The Bertz CT molecular complexity index is 538. The highest BCUT2D eigenvalue weighted by atomic mass is 16.5. The molecule has 126 valence electrons. The molecule has 0 spiro atoms. The zero-order valence-corrected chi connectivity index (χ0v) is 14.3. The number of carbonyl (C=O) groups is 1. The Morgan fingerprint density at radius 3 is 2.61 bits per heavy atom. The lowest BCUT2D eigenvalue weighted by atomic mass is 9.82. The molecular formula is C19H28NO3+. The van der Waals surface area contributed by atoms with E-state index in [4.69, 9.17) is 9.47 Å². The number of fused-ring (bicyclic) bond motifs is 1. The standard InChI is InChI=1S/C19H28NO3/c1-20-12-4-3-7-18(20)16(6-5-13-20)14-23-19(21)15-8-10-17(22-2)11-9-15/h8-11,16,18H,3-7,12-14H2,1-2H3/q+1/t16-,18+,20-/m0/s1. The summed E-state index contributed by atoms with van der Waals surface area (Å²) in [6.45, 7) is 3.13. The second-order valence-corrected chi connectivity index (χ2v) is 7.22. The minimum atomic E-state index is -0.219. The number of hydrogen-bond donors (Lipinski definition) is 0. The van der Waals surface area contributed by atoms with Gasteiger partial charge in [0.05, 0.1) is 38.9 Å². The van der Waals surface area contributed by atoms with E-state index < -0.39 is 0 Å². The Balaban J connectivity index is 1.59. The van der Waals surface area contributed by atoms with Gasteiger partial charge in [0.15, 0.2) is 0 Å². The molecule has 0 unspecified atom stereocenters. The van der Waals surface area contributed by atoms with Crippen molar-refractivity contribution in [3.63, 3.8) is 0 Å². The van der Waals surface area contributed by atoms with Gasteiger partial charge < -0.3 is 14.0 Å². The van der Waals surface area contributed by atoms with Gasteiger partial charge in [-0.1, -0.05) is 0 Å². The van der Waals surface area contributed by atoms with Crippen LogP contribution in [0.3, 0.4) is 0 Å². The first kappa shape index (κ1) is 16.3. The summed E-state index contributed by atoms with van der Waals surface area (Å²) in [4.78, 5) is 12.3. The molecule has 0 aliphatic carbocycles. The minimum absolute atomic E-state index is 0.219. The van der Waals surface area contributed by atoms with Gasteiger partial charge in [-0.15, -0.1) is 0 Å². The van der Waals surface area contributed by atoms with Crippen LogP contribution in [0.25, 0.3) is 0 Å². The van der Waals surface area contributed by atoms with Crippen molar-refractivity contribution in [3.05, 3.63) is 29.8 Å². The monoisotopic (exact) mass is 318 g/mol. The van der Waals surface area contributed by atoms with Crippen LogP contribution in [0.2, 0.25) is 0 Å². The van der Waals surface area contributed by atoms with E-state index in [2.05, 4.69) is 7.05 Å². The highest BCUT2D eigenvalue weighted by Crippen LogP contribution is 2.36. The van der Waals surface area contributed by atoms with Gasteiger partial charge in [0.1, 0.15) is 12.4 Å². The van der Waals surface area contributed by atoms with Gasteiger partial charge in [-0.3, -0.25) is 0 Å². The fourth-order valence-electron chi connectivity index (χ4n) is 4.42. The highest BCUT2D eigenvalue weighted by molar-refractivity contribution is 5.89. The molecule has 4 heteroatoms. The topological polar surface area (TPSA) is 35.5 Å². The molecule has 4 nitrogen and oxygen atoms in total. The molecule has 2 saturated heterocycles. The third kappa shape index (κ3) is 3.52. The predicted molar refractivity (Wildman–Crippen MR) is 89.6 cm³/mol. The van der Waals surface area contributed by atoms with Crippen molar-refractivity contribution >= 4 is 5.97 Å². The molecule has 2 fully saturated rings. The summed E-state index contributed by atoms with van der Waals surface area (Å²) in [7, 11) is 4.01. The van der Waals surface area contributed by atoms with Crippen LogP contribution in [-0.2, 0) is 4.74 Å². The first-order valence-electron chi connectivity index (χ1n) is 8.78. The van der Waals surface area contributed by atoms with Crippen LogP contribution in [0.1, 0.15) is 42.5 Å². The van der Waals surface area contributed by atoms with Crippen LogP contribution < -0.4 is 4.74 Å². The lowest BCUT2D eigenvalue weighted by Gasteiger charge is -2.51. The van der Waals surface area contributed by atoms with E-state index in [0.717, 1.165) is 5.75 Å².